The molecule has 0 aromatic carbocycles. The van der Waals surface area contributed by atoms with Gasteiger partial charge in [0, 0.05) is 5.92 Å². The molecule has 0 N–H and O–H groups in total. The van der Waals surface area contributed by atoms with Gasteiger partial charge in [0.15, 0.2) is 5.78 Å². The van der Waals surface area contributed by atoms with Gasteiger partial charge in [0.1, 0.15) is 6.61 Å². The predicted octanol–water partition coefficient (Wildman–Crippen LogP) is 3.59. The average Bonchev–Trinajstić information content (AvgIpc) is 2.35. The first kappa shape index (κ1) is 13.7. The summed E-state index contributed by atoms with van der Waals surface area (Å²) < 4.78 is 5.82. The van der Waals surface area contributed by atoms with Crippen molar-refractivity contribution in [3.63, 3.8) is 0 Å². The molecule has 1 rings (SSSR count). The molecule has 0 spiro atoms. The van der Waals surface area contributed by atoms with Gasteiger partial charge in [-0.3, -0.25) is 4.79 Å². The summed E-state index contributed by atoms with van der Waals surface area (Å²) in [5.41, 5.74) is 0. The summed E-state index contributed by atoms with van der Waals surface area (Å²) in [5.74, 6) is 1.10. The standard InChI is InChI=1S/C14H26O2/c1-4-11(3)13(15)10-16-14-9-7-6-8-12(14)5-2/h11-12,14H,4-10H2,1-3H3. The monoisotopic (exact) mass is 226 g/mol. The molecule has 3 unspecified atom stereocenters. The number of rotatable bonds is 6. The van der Waals surface area contributed by atoms with Crippen LogP contribution in [0.5, 0.6) is 0 Å². The van der Waals surface area contributed by atoms with E-state index in [1.807, 2.05) is 6.92 Å². The second kappa shape index (κ2) is 7.05. The average molecular weight is 226 g/mol. The van der Waals surface area contributed by atoms with Crippen molar-refractivity contribution in [2.24, 2.45) is 11.8 Å². The van der Waals surface area contributed by atoms with Gasteiger partial charge in [-0.2, -0.15) is 0 Å². The fourth-order valence-electron chi connectivity index (χ4n) is 2.42. The van der Waals surface area contributed by atoms with E-state index in [9.17, 15) is 4.79 Å². The molecule has 0 aliphatic heterocycles. The largest absolute Gasteiger partial charge is 0.370 e. The molecule has 2 nitrogen and oxygen atoms in total. The van der Waals surface area contributed by atoms with Crippen molar-refractivity contribution in [1.29, 1.82) is 0 Å². The molecule has 0 amide bonds. The molecule has 0 aromatic heterocycles. The lowest BCUT2D eigenvalue weighted by atomic mass is 9.85. The fraction of sp³-hybridized carbons (Fsp3) is 0.929. The van der Waals surface area contributed by atoms with Crippen molar-refractivity contribution in [2.45, 2.75) is 65.4 Å². The maximum Gasteiger partial charge on any atom is 0.161 e. The zero-order chi connectivity index (χ0) is 12.0. The van der Waals surface area contributed by atoms with Crippen LogP contribution in [0, 0.1) is 11.8 Å². The van der Waals surface area contributed by atoms with Crippen LogP contribution in [-0.4, -0.2) is 18.5 Å². The molecule has 1 aliphatic rings. The fourth-order valence-corrected chi connectivity index (χ4v) is 2.42. The second-order valence-corrected chi connectivity index (χ2v) is 5.08. The topological polar surface area (TPSA) is 26.3 Å². The molecule has 0 saturated heterocycles. The summed E-state index contributed by atoms with van der Waals surface area (Å²) >= 11 is 0. The van der Waals surface area contributed by atoms with Gasteiger partial charge >= 0.3 is 0 Å². The van der Waals surface area contributed by atoms with Crippen LogP contribution in [0.4, 0.5) is 0 Å². The van der Waals surface area contributed by atoms with E-state index in [4.69, 9.17) is 4.74 Å². The maximum atomic E-state index is 11.7. The third kappa shape index (κ3) is 3.89. The van der Waals surface area contributed by atoms with Crippen LogP contribution in [0.15, 0.2) is 0 Å². The number of hydrogen-bond acceptors (Lipinski definition) is 2. The van der Waals surface area contributed by atoms with Gasteiger partial charge in [-0.05, 0) is 25.2 Å². The Labute approximate surface area is 99.8 Å². The van der Waals surface area contributed by atoms with Gasteiger partial charge in [0.25, 0.3) is 0 Å². The zero-order valence-corrected chi connectivity index (χ0v) is 11.0. The van der Waals surface area contributed by atoms with E-state index in [0.29, 0.717) is 18.6 Å². The minimum absolute atomic E-state index is 0.156. The highest BCUT2D eigenvalue weighted by Crippen LogP contribution is 2.29. The number of hydrogen-bond donors (Lipinski definition) is 0. The molecule has 1 saturated carbocycles. The molecular formula is C14H26O2. The van der Waals surface area contributed by atoms with Gasteiger partial charge < -0.3 is 4.74 Å². The van der Waals surface area contributed by atoms with Gasteiger partial charge in [-0.1, -0.05) is 40.0 Å². The van der Waals surface area contributed by atoms with E-state index in [1.165, 1.54) is 25.7 Å². The number of carbonyl (C=O) groups is 1. The highest BCUT2D eigenvalue weighted by Gasteiger charge is 2.25. The minimum atomic E-state index is 0.156. The molecule has 0 aromatic rings. The SMILES string of the molecule is CCC(C)C(=O)COC1CCCCC1CC. The highest BCUT2D eigenvalue weighted by atomic mass is 16.5. The first-order valence-corrected chi connectivity index (χ1v) is 6.83. The predicted molar refractivity (Wildman–Crippen MR) is 66.5 cm³/mol. The zero-order valence-electron chi connectivity index (χ0n) is 11.0. The van der Waals surface area contributed by atoms with E-state index in [0.717, 1.165) is 12.8 Å². The van der Waals surface area contributed by atoms with Crippen LogP contribution in [0.2, 0.25) is 0 Å². The van der Waals surface area contributed by atoms with Crippen molar-refractivity contribution in [3.8, 4) is 0 Å². The minimum Gasteiger partial charge on any atom is -0.370 e. The summed E-state index contributed by atoms with van der Waals surface area (Å²) in [5, 5.41) is 0. The van der Waals surface area contributed by atoms with Crippen molar-refractivity contribution >= 4 is 5.78 Å². The summed E-state index contributed by atoms with van der Waals surface area (Å²) in [6.07, 6.45) is 7.46. The molecule has 2 heteroatoms. The lowest BCUT2D eigenvalue weighted by Crippen LogP contribution is -2.30. The number of ketones is 1. The van der Waals surface area contributed by atoms with Crippen LogP contribution < -0.4 is 0 Å². The van der Waals surface area contributed by atoms with Crippen LogP contribution >= 0.6 is 0 Å². The molecule has 0 bridgehead atoms. The maximum absolute atomic E-state index is 11.7. The summed E-state index contributed by atoms with van der Waals surface area (Å²) in [4.78, 5) is 11.7. The lowest BCUT2D eigenvalue weighted by molar-refractivity contribution is -0.131. The Bertz CT molecular complexity index is 213. The number of carbonyl (C=O) groups excluding carboxylic acids is 1. The quantitative estimate of drug-likeness (QED) is 0.692. The molecule has 1 aliphatic carbocycles. The van der Waals surface area contributed by atoms with Gasteiger partial charge in [-0.25, -0.2) is 0 Å². The normalized spacial score (nSPS) is 27.7. The van der Waals surface area contributed by atoms with Crippen LogP contribution in [0.25, 0.3) is 0 Å². The van der Waals surface area contributed by atoms with E-state index >= 15 is 0 Å². The molecule has 0 radical (unpaired) electrons. The Morgan fingerprint density at radius 1 is 1.31 bits per heavy atom. The molecule has 94 valence electrons. The first-order valence-electron chi connectivity index (χ1n) is 6.83. The van der Waals surface area contributed by atoms with Crippen molar-refractivity contribution in [3.05, 3.63) is 0 Å². The first-order chi connectivity index (χ1) is 7.69. The number of Topliss-reactive ketones (excluding diaryl/α,β-unsaturated/α-hetero) is 1. The Morgan fingerprint density at radius 3 is 2.62 bits per heavy atom. The van der Waals surface area contributed by atoms with Crippen molar-refractivity contribution < 1.29 is 9.53 Å². The van der Waals surface area contributed by atoms with Crippen LogP contribution in [0.3, 0.4) is 0 Å². The molecule has 1 fully saturated rings. The van der Waals surface area contributed by atoms with E-state index in [2.05, 4.69) is 13.8 Å². The Kier molecular flexibility index (Phi) is 6.04. The summed E-state index contributed by atoms with van der Waals surface area (Å²) in [6.45, 7) is 6.60. The third-order valence-electron chi connectivity index (χ3n) is 3.97. The van der Waals surface area contributed by atoms with Crippen LogP contribution in [-0.2, 0) is 9.53 Å². The third-order valence-corrected chi connectivity index (χ3v) is 3.97. The van der Waals surface area contributed by atoms with Gasteiger partial charge in [0.05, 0.1) is 6.10 Å². The van der Waals surface area contributed by atoms with Crippen molar-refractivity contribution in [1.82, 2.24) is 0 Å². The Morgan fingerprint density at radius 2 is 2.00 bits per heavy atom. The summed E-state index contributed by atoms with van der Waals surface area (Å²) in [7, 11) is 0. The van der Waals surface area contributed by atoms with Crippen LogP contribution in [0.1, 0.15) is 59.3 Å². The lowest BCUT2D eigenvalue weighted by Gasteiger charge is -2.30. The number of ether oxygens (including phenoxy) is 1. The Balaban J connectivity index is 2.32. The molecule has 16 heavy (non-hydrogen) atoms. The van der Waals surface area contributed by atoms with Gasteiger partial charge in [-0.15, -0.1) is 0 Å². The second-order valence-electron chi connectivity index (χ2n) is 5.08. The molecule has 3 atom stereocenters. The van der Waals surface area contributed by atoms with E-state index in [-0.39, 0.29) is 11.7 Å². The highest BCUT2D eigenvalue weighted by molar-refractivity contribution is 5.81. The van der Waals surface area contributed by atoms with Crippen molar-refractivity contribution in [2.75, 3.05) is 6.61 Å². The molecule has 0 heterocycles. The van der Waals surface area contributed by atoms with Gasteiger partial charge in [0.2, 0.25) is 0 Å². The molecular weight excluding hydrogens is 200 g/mol. The van der Waals surface area contributed by atoms with E-state index < -0.39 is 0 Å². The van der Waals surface area contributed by atoms with E-state index in [1.54, 1.807) is 0 Å². The smallest absolute Gasteiger partial charge is 0.161 e. The Hall–Kier alpha value is -0.370. The summed E-state index contributed by atoms with van der Waals surface area (Å²) in [6, 6.07) is 0.